The molecule has 0 fully saturated rings. The molecule has 0 aliphatic heterocycles. The summed E-state index contributed by atoms with van der Waals surface area (Å²) in [6.45, 7) is -0.432. The van der Waals surface area contributed by atoms with Gasteiger partial charge in [0.2, 0.25) is 0 Å². The summed E-state index contributed by atoms with van der Waals surface area (Å²) >= 11 is 5.18. The number of alkyl halides is 1. The standard InChI is InChI=1S/C5H11ClO5S.Na.H/c6-3-4(8)5(1-2-7)12(9,10)11;;/h4-5,7-8H,1-3H2,(H,9,10,11);;. The fourth-order valence-electron chi connectivity index (χ4n) is 0.766. The molecular weight excluding hydrogens is 231 g/mol. The molecule has 0 heterocycles. The van der Waals surface area contributed by atoms with Gasteiger partial charge in [0, 0.05) is 12.5 Å². The molecule has 0 radical (unpaired) electrons. The summed E-state index contributed by atoms with van der Waals surface area (Å²) in [4.78, 5) is 0. The van der Waals surface area contributed by atoms with Crippen molar-refractivity contribution in [2.24, 2.45) is 0 Å². The first-order chi connectivity index (χ1) is 5.43. The van der Waals surface area contributed by atoms with Crippen LogP contribution in [0.3, 0.4) is 0 Å². The fraction of sp³-hybridized carbons (Fsp3) is 1.00. The van der Waals surface area contributed by atoms with Gasteiger partial charge in [-0.05, 0) is 6.42 Å². The third-order valence-corrected chi connectivity index (χ3v) is 3.01. The van der Waals surface area contributed by atoms with Crippen molar-refractivity contribution >= 4 is 51.3 Å². The Labute approximate surface area is 104 Å². The fourth-order valence-corrected chi connectivity index (χ4v) is 1.98. The molecule has 0 rings (SSSR count). The van der Waals surface area contributed by atoms with E-state index in [9.17, 15) is 8.42 Å². The van der Waals surface area contributed by atoms with Crippen LogP contribution < -0.4 is 0 Å². The molecule has 2 atom stereocenters. The van der Waals surface area contributed by atoms with Crippen molar-refractivity contribution in [2.75, 3.05) is 12.5 Å². The molecule has 0 saturated carbocycles. The van der Waals surface area contributed by atoms with Crippen LogP contribution in [0, 0.1) is 0 Å². The Kier molecular flexibility index (Phi) is 9.44. The summed E-state index contributed by atoms with van der Waals surface area (Å²) < 4.78 is 29.6. The van der Waals surface area contributed by atoms with Crippen LogP contribution in [0.2, 0.25) is 0 Å². The van der Waals surface area contributed by atoms with Crippen molar-refractivity contribution in [2.45, 2.75) is 17.8 Å². The quantitative estimate of drug-likeness (QED) is 0.312. The molecule has 8 heteroatoms. The van der Waals surface area contributed by atoms with Crippen LogP contribution in [0.4, 0.5) is 0 Å². The number of halogens is 1. The maximum absolute atomic E-state index is 10.5. The number of hydrogen-bond acceptors (Lipinski definition) is 4. The molecule has 0 aliphatic rings. The number of aliphatic hydroxyl groups is 2. The van der Waals surface area contributed by atoms with E-state index in [0.29, 0.717) is 0 Å². The van der Waals surface area contributed by atoms with Gasteiger partial charge in [0.1, 0.15) is 5.25 Å². The molecule has 13 heavy (non-hydrogen) atoms. The van der Waals surface area contributed by atoms with Gasteiger partial charge in [0.15, 0.2) is 0 Å². The average Bonchev–Trinajstić information content (AvgIpc) is 1.96. The van der Waals surface area contributed by atoms with Gasteiger partial charge in [-0.2, -0.15) is 8.42 Å². The van der Waals surface area contributed by atoms with Gasteiger partial charge < -0.3 is 10.2 Å². The van der Waals surface area contributed by atoms with E-state index < -0.39 is 28.1 Å². The second-order valence-corrected chi connectivity index (χ2v) is 4.23. The summed E-state index contributed by atoms with van der Waals surface area (Å²) in [6.07, 6.45) is -1.58. The molecule has 5 nitrogen and oxygen atoms in total. The molecule has 0 aromatic carbocycles. The van der Waals surface area contributed by atoms with Crippen molar-refractivity contribution in [3.63, 3.8) is 0 Å². The van der Waals surface area contributed by atoms with Crippen LogP contribution in [-0.4, -0.2) is 76.6 Å². The number of hydrogen-bond donors (Lipinski definition) is 3. The summed E-state index contributed by atoms with van der Waals surface area (Å²) in [6, 6.07) is 0. The molecule has 0 saturated heterocycles. The zero-order valence-corrected chi connectivity index (χ0v) is 7.79. The van der Waals surface area contributed by atoms with Crippen molar-refractivity contribution < 1.29 is 23.2 Å². The van der Waals surface area contributed by atoms with Crippen LogP contribution in [-0.2, 0) is 10.1 Å². The summed E-state index contributed by atoms with van der Waals surface area (Å²) in [5.41, 5.74) is 0. The Morgan fingerprint density at radius 1 is 1.38 bits per heavy atom. The zero-order chi connectivity index (χ0) is 9.78. The number of aliphatic hydroxyl groups excluding tert-OH is 2. The predicted molar refractivity (Wildman–Crippen MR) is 50.9 cm³/mol. The Morgan fingerprint density at radius 3 is 2.08 bits per heavy atom. The minimum absolute atomic E-state index is 0. The van der Waals surface area contributed by atoms with Crippen molar-refractivity contribution in [3.8, 4) is 0 Å². The van der Waals surface area contributed by atoms with Gasteiger partial charge in [-0.25, -0.2) is 0 Å². The molecule has 0 bridgehead atoms. The zero-order valence-electron chi connectivity index (χ0n) is 6.22. The third-order valence-electron chi connectivity index (χ3n) is 1.38. The maximum atomic E-state index is 10.5. The Bertz CT molecular complexity index is 219. The Hall–Kier alpha value is 1.12. The Balaban J connectivity index is 0. The van der Waals surface area contributed by atoms with Gasteiger partial charge in [0.05, 0.1) is 6.10 Å². The summed E-state index contributed by atoms with van der Waals surface area (Å²) in [5, 5.41) is 16.0. The first-order valence-electron chi connectivity index (χ1n) is 3.24. The monoisotopic (exact) mass is 242 g/mol. The average molecular weight is 243 g/mol. The van der Waals surface area contributed by atoms with Gasteiger partial charge in [-0.1, -0.05) is 0 Å². The van der Waals surface area contributed by atoms with Crippen LogP contribution in [0.5, 0.6) is 0 Å². The first kappa shape index (κ1) is 16.5. The van der Waals surface area contributed by atoms with E-state index >= 15 is 0 Å². The summed E-state index contributed by atoms with van der Waals surface area (Å²) in [5.74, 6) is -0.301. The second kappa shape index (κ2) is 7.42. The van der Waals surface area contributed by atoms with E-state index in [1.54, 1.807) is 0 Å². The van der Waals surface area contributed by atoms with E-state index in [1.807, 2.05) is 0 Å². The van der Waals surface area contributed by atoms with E-state index in [1.165, 1.54) is 0 Å². The normalized spacial score (nSPS) is 16.0. The molecule has 3 N–H and O–H groups in total. The number of rotatable bonds is 5. The molecule has 0 aromatic heterocycles. The van der Waals surface area contributed by atoms with Gasteiger partial charge in [-0.15, -0.1) is 11.6 Å². The molecule has 2 unspecified atom stereocenters. The molecule has 0 aromatic rings. The molecule has 0 spiro atoms. The first-order valence-corrected chi connectivity index (χ1v) is 5.28. The summed E-state index contributed by atoms with van der Waals surface area (Å²) in [7, 11) is -4.33. The molecule has 0 aliphatic carbocycles. The third kappa shape index (κ3) is 6.24. The topological polar surface area (TPSA) is 94.8 Å². The van der Waals surface area contributed by atoms with E-state index in [4.69, 9.17) is 26.4 Å². The van der Waals surface area contributed by atoms with E-state index in [-0.39, 0.29) is 41.9 Å². The minimum atomic E-state index is -4.33. The SMILES string of the molecule is O=S(=O)(O)C(CCO)C(O)CCl.[NaH]. The van der Waals surface area contributed by atoms with Crippen LogP contribution in [0.25, 0.3) is 0 Å². The van der Waals surface area contributed by atoms with Crippen molar-refractivity contribution in [1.82, 2.24) is 0 Å². The van der Waals surface area contributed by atoms with Gasteiger partial charge in [0.25, 0.3) is 10.1 Å². The second-order valence-electron chi connectivity index (χ2n) is 2.29. The Morgan fingerprint density at radius 2 is 1.85 bits per heavy atom. The molecular formula is C5H12ClNaO5S. The van der Waals surface area contributed by atoms with Crippen molar-refractivity contribution in [3.05, 3.63) is 0 Å². The molecule has 0 amide bonds. The van der Waals surface area contributed by atoms with Gasteiger partial charge >= 0.3 is 29.6 Å². The van der Waals surface area contributed by atoms with Crippen LogP contribution >= 0.6 is 11.6 Å². The van der Waals surface area contributed by atoms with Crippen LogP contribution in [0.1, 0.15) is 6.42 Å². The van der Waals surface area contributed by atoms with E-state index in [0.717, 1.165) is 0 Å². The molecule has 76 valence electrons. The van der Waals surface area contributed by atoms with E-state index in [2.05, 4.69) is 0 Å². The van der Waals surface area contributed by atoms with Crippen LogP contribution in [0.15, 0.2) is 0 Å². The predicted octanol–water partition coefficient (Wildman–Crippen LogP) is -1.42. The van der Waals surface area contributed by atoms with Crippen molar-refractivity contribution in [1.29, 1.82) is 0 Å². The van der Waals surface area contributed by atoms with Gasteiger partial charge in [-0.3, -0.25) is 4.55 Å².